The maximum atomic E-state index is 11.8. The van der Waals surface area contributed by atoms with E-state index < -0.39 is 10.0 Å². The number of hydrogen-bond donors (Lipinski definition) is 2. The van der Waals surface area contributed by atoms with Gasteiger partial charge in [-0.25, -0.2) is 13.1 Å². The van der Waals surface area contributed by atoms with E-state index in [1.165, 1.54) is 19.3 Å². The van der Waals surface area contributed by atoms with Crippen molar-refractivity contribution in [3.8, 4) is 0 Å². The van der Waals surface area contributed by atoms with Gasteiger partial charge in [-0.05, 0) is 32.9 Å². The lowest BCUT2D eigenvalue weighted by atomic mass is 9.97. The Morgan fingerprint density at radius 1 is 1.06 bits per heavy atom. The molecule has 2 N–H and O–H groups in total. The molecule has 1 aliphatic rings. The van der Waals surface area contributed by atoms with Gasteiger partial charge in [0.05, 0.1) is 5.75 Å². The molecule has 0 heterocycles. The monoisotopic (exact) mass is 262 g/mol. The Balaban J connectivity index is 2.33. The molecule has 0 saturated heterocycles. The van der Waals surface area contributed by atoms with Crippen LogP contribution in [0.3, 0.4) is 0 Å². The number of sulfonamides is 1. The maximum Gasteiger partial charge on any atom is 0.211 e. The quantitative estimate of drug-likeness (QED) is 0.715. The van der Waals surface area contributed by atoms with Gasteiger partial charge in [0, 0.05) is 6.04 Å². The van der Waals surface area contributed by atoms with Gasteiger partial charge in [-0.2, -0.15) is 0 Å². The highest BCUT2D eigenvalue weighted by molar-refractivity contribution is 7.89. The van der Waals surface area contributed by atoms with Crippen LogP contribution in [-0.4, -0.2) is 33.8 Å². The molecule has 0 spiro atoms. The van der Waals surface area contributed by atoms with Gasteiger partial charge >= 0.3 is 0 Å². The van der Waals surface area contributed by atoms with Gasteiger partial charge in [-0.15, -0.1) is 0 Å². The minimum atomic E-state index is -3.07. The molecular formula is C12H26N2O2S. The van der Waals surface area contributed by atoms with E-state index in [4.69, 9.17) is 0 Å². The van der Waals surface area contributed by atoms with Crippen LogP contribution in [0.5, 0.6) is 0 Å². The zero-order valence-corrected chi connectivity index (χ0v) is 11.7. The third-order valence-electron chi connectivity index (χ3n) is 3.29. The van der Waals surface area contributed by atoms with Gasteiger partial charge in [0.15, 0.2) is 0 Å². The second kappa shape index (κ2) is 8.06. The zero-order chi connectivity index (χ0) is 12.6. The van der Waals surface area contributed by atoms with Crippen molar-refractivity contribution in [2.75, 3.05) is 19.3 Å². The van der Waals surface area contributed by atoms with Crippen molar-refractivity contribution in [2.24, 2.45) is 0 Å². The lowest BCUT2D eigenvalue weighted by Crippen LogP contribution is -2.37. The summed E-state index contributed by atoms with van der Waals surface area (Å²) in [6.45, 7) is 0.756. The first-order chi connectivity index (χ1) is 8.14. The van der Waals surface area contributed by atoms with Crippen molar-refractivity contribution in [3.05, 3.63) is 0 Å². The van der Waals surface area contributed by atoms with Crippen molar-refractivity contribution in [3.63, 3.8) is 0 Å². The highest BCUT2D eigenvalue weighted by Crippen LogP contribution is 2.17. The smallest absolute Gasteiger partial charge is 0.211 e. The Kier molecular flexibility index (Phi) is 7.08. The first kappa shape index (κ1) is 14.9. The largest absolute Gasteiger partial charge is 0.320 e. The number of hydrogen-bond acceptors (Lipinski definition) is 3. The first-order valence-corrected chi connectivity index (χ1v) is 8.44. The molecule has 0 aromatic heterocycles. The predicted molar refractivity (Wildman–Crippen MR) is 71.6 cm³/mol. The van der Waals surface area contributed by atoms with E-state index in [0.29, 0.717) is 6.42 Å². The van der Waals surface area contributed by atoms with Gasteiger partial charge in [0.1, 0.15) is 0 Å². The molecule has 0 unspecified atom stereocenters. The maximum absolute atomic E-state index is 11.8. The molecule has 0 aliphatic heterocycles. The summed E-state index contributed by atoms with van der Waals surface area (Å²) in [6.07, 6.45) is 8.81. The second-order valence-corrected chi connectivity index (χ2v) is 6.81. The molecule has 17 heavy (non-hydrogen) atoms. The van der Waals surface area contributed by atoms with Gasteiger partial charge in [-0.1, -0.05) is 32.1 Å². The first-order valence-electron chi connectivity index (χ1n) is 6.78. The standard InChI is InChI=1S/C12H26N2O2S/c1-13-10-7-11-17(15,16)14-12-8-5-3-2-4-6-9-12/h12-14H,2-11H2,1H3. The van der Waals surface area contributed by atoms with E-state index in [2.05, 4.69) is 10.0 Å². The molecule has 0 atom stereocenters. The van der Waals surface area contributed by atoms with Crippen LogP contribution in [0.4, 0.5) is 0 Å². The van der Waals surface area contributed by atoms with Gasteiger partial charge in [-0.3, -0.25) is 0 Å². The fourth-order valence-electron chi connectivity index (χ4n) is 2.33. The van der Waals surface area contributed by atoms with Gasteiger partial charge in [0.25, 0.3) is 0 Å². The van der Waals surface area contributed by atoms with Crippen molar-refractivity contribution in [1.29, 1.82) is 0 Å². The molecule has 1 rings (SSSR count). The third kappa shape index (κ3) is 7.01. The molecule has 0 aromatic carbocycles. The molecule has 0 radical (unpaired) electrons. The molecule has 1 fully saturated rings. The minimum Gasteiger partial charge on any atom is -0.320 e. The van der Waals surface area contributed by atoms with Crippen molar-refractivity contribution >= 4 is 10.0 Å². The molecule has 0 aromatic rings. The summed E-state index contributed by atoms with van der Waals surface area (Å²) < 4.78 is 26.5. The van der Waals surface area contributed by atoms with Crippen LogP contribution in [0, 0.1) is 0 Å². The average molecular weight is 262 g/mol. The fraction of sp³-hybridized carbons (Fsp3) is 1.00. The molecule has 1 aliphatic carbocycles. The fourth-order valence-corrected chi connectivity index (χ4v) is 3.71. The predicted octanol–water partition coefficient (Wildman–Crippen LogP) is 1.63. The zero-order valence-electron chi connectivity index (χ0n) is 10.9. The van der Waals surface area contributed by atoms with Crippen molar-refractivity contribution in [2.45, 2.75) is 57.4 Å². The Morgan fingerprint density at radius 2 is 1.65 bits per heavy atom. The Labute approximate surface area is 106 Å². The summed E-state index contributed by atoms with van der Waals surface area (Å²) in [5, 5.41) is 2.97. The second-order valence-electron chi connectivity index (χ2n) is 4.94. The van der Waals surface area contributed by atoms with Crippen LogP contribution < -0.4 is 10.0 Å². The Morgan fingerprint density at radius 3 is 2.24 bits per heavy atom. The van der Waals surface area contributed by atoms with Crippen LogP contribution in [0.2, 0.25) is 0 Å². The van der Waals surface area contributed by atoms with Crippen LogP contribution in [-0.2, 0) is 10.0 Å². The molecule has 1 saturated carbocycles. The van der Waals surface area contributed by atoms with E-state index in [9.17, 15) is 8.42 Å². The highest BCUT2D eigenvalue weighted by atomic mass is 32.2. The van der Waals surface area contributed by atoms with E-state index >= 15 is 0 Å². The lowest BCUT2D eigenvalue weighted by molar-refractivity contribution is 0.426. The van der Waals surface area contributed by atoms with Crippen LogP contribution in [0.15, 0.2) is 0 Å². The summed E-state index contributed by atoms with van der Waals surface area (Å²) >= 11 is 0. The number of nitrogens with one attached hydrogen (secondary N) is 2. The van der Waals surface area contributed by atoms with Crippen LogP contribution in [0.25, 0.3) is 0 Å². The van der Waals surface area contributed by atoms with Gasteiger partial charge < -0.3 is 5.32 Å². The number of rotatable bonds is 6. The molecule has 0 amide bonds. The Bertz CT molecular complexity index is 283. The summed E-state index contributed by atoms with van der Waals surface area (Å²) in [5.74, 6) is 0.240. The van der Waals surface area contributed by atoms with Crippen LogP contribution >= 0.6 is 0 Å². The summed E-state index contributed by atoms with van der Waals surface area (Å²) in [6, 6.07) is 0.176. The van der Waals surface area contributed by atoms with Crippen molar-refractivity contribution < 1.29 is 8.42 Å². The van der Waals surface area contributed by atoms with E-state index in [1.54, 1.807) is 0 Å². The lowest BCUT2D eigenvalue weighted by Gasteiger charge is -2.20. The summed E-state index contributed by atoms with van der Waals surface area (Å²) in [7, 11) is -1.23. The SMILES string of the molecule is CNCCCS(=O)(=O)NC1CCCCCCC1. The molecule has 0 bridgehead atoms. The topological polar surface area (TPSA) is 58.2 Å². The van der Waals surface area contributed by atoms with Crippen LogP contribution in [0.1, 0.15) is 51.4 Å². The summed E-state index contributed by atoms with van der Waals surface area (Å²) in [4.78, 5) is 0. The Hall–Kier alpha value is -0.130. The average Bonchev–Trinajstić information content (AvgIpc) is 2.22. The van der Waals surface area contributed by atoms with Crippen molar-refractivity contribution in [1.82, 2.24) is 10.0 Å². The minimum absolute atomic E-state index is 0.176. The highest BCUT2D eigenvalue weighted by Gasteiger charge is 2.18. The molecule has 5 heteroatoms. The van der Waals surface area contributed by atoms with E-state index in [1.807, 2.05) is 7.05 Å². The van der Waals surface area contributed by atoms with Gasteiger partial charge in [0.2, 0.25) is 10.0 Å². The normalized spacial score (nSPS) is 19.8. The third-order valence-corrected chi connectivity index (χ3v) is 4.81. The molecule has 4 nitrogen and oxygen atoms in total. The molecule has 102 valence electrons. The van der Waals surface area contributed by atoms with E-state index in [0.717, 1.165) is 32.2 Å². The van der Waals surface area contributed by atoms with E-state index in [-0.39, 0.29) is 11.8 Å². The summed E-state index contributed by atoms with van der Waals surface area (Å²) in [5.41, 5.74) is 0. The molecular weight excluding hydrogens is 236 g/mol.